The Morgan fingerprint density at radius 3 is 2.23 bits per heavy atom. The number of hydrogen-bond acceptors (Lipinski definition) is 4. The minimum absolute atomic E-state index is 0. The molecule has 0 atom stereocenters. The van der Waals surface area contributed by atoms with Gasteiger partial charge in [-0.15, -0.1) is 24.0 Å². The van der Waals surface area contributed by atoms with E-state index in [1.807, 2.05) is 58.9 Å². The molecule has 1 aromatic rings. The summed E-state index contributed by atoms with van der Waals surface area (Å²) in [5, 5.41) is 6.58. The molecule has 0 aromatic heterocycles. The van der Waals surface area contributed by atoms with Gasteiger partial charge in [-0.3, -0.25) is 9.79 Å². The highest BCUT2D eigenvalue weighted by molar-refractivity contribution is 14.0. The van der Waals surface area contributed by atoms with Crippen LogP contribution < -0.4 is 10.6 Å². The van der Waals surface area contributed by atoms with Crippen LogP contribution >= 0.6 is 24.0 Å². The molecule has 1 fully saturated rings. The summed E-state index contributed by atoms with van der Waals surface area (Å²) in [6, 6.07) is 7.75. The van der Waals surface area contributed by atoms with E-state index in [1.54, 1.807) is 16.8 Å². The number of rotatable bonds is 6. The standard InChI is InChI=1S/C22H35N5O3.HI/c1-7-26(8-2)19(28)17-11-9-16(10-12-17)13-24-20(23-6)25-18-14-27(15-18)21(29)30-22(3,4)5;/h9-12,18H,7-8,13-15H2,1-6H3,(H2,23,24,25);1H. The van der Waals surface area contributed by atoms with E-state index in [1.165, 1.54) is 0 Å². The maximum atomic E-state index is 12.4. The van der Waals surface area contributed by atoms with Crippen molar-refractivity contribution in [3.63, 3.8) is 0 Å². The molecule has 0 radical (unpaired) electrons. The summed E-state index contributed by atoms with van der Waals surface area (Å²) < 4.78 is 5.37. The largest absolute Gasteiger partial charge is 0.444 e. The predicted molar refractivity (Wildman–Crippen MR) is 134 cm³/mol. The molecule has 0 aliphatic carbocycles. The Hall–Kier alpha value is -2.04. The van der Waals surface area contributed by atoms with E-state index < -0.39 is 5.60 Å². The molecule has 1 saturated heterocycles. The third kappa shape index (κ3) is 8.19. The lowest BCUT2D eigenvalue weighted by molar-refractivity contribution is 0.00700. The second kappa shape index (κ2) is 12.1. The molecule has 2 N–H and O–H groups in total. The number of ether oxygens (including phenoxy) is 1. The van der Waals surface area contributed by atoms with Crippen LogP contribution in [0.1, 0.15) is 50.5 Å². The molecular weight excluding hydrogens is 509 g/mol. The highest BCUT2D eigenvalue weighted by Crippen LogP contribution is 2.15. The number of benzene rings is 1. The quantitative estimate of drug-likeness (QED) is 0.326. The van der Waals surface area contributed by atoms with Crippen molar-refractivity contribution >= 4 is 41.9 Å². The zero-order chi connectivity index (χ0) is 22.3. The van der Waals surface area contributed by atoms with Crippen molar-refractivity contribution in [2.24, 2.45) is 4.99 Å². The topological polar surface area (TPSA) is 86.3 Å². The highest BCUT2D eigenvalue weighted by Gasteiger charge is 2.34. The van der Waals surface area contributed by atoms with Crippen molar-refractivity contribution in [3.8, 4) is 0 Å². The Morgan fingerprint density at radius 1 is 1.16 bits per heavy atom. The van der Waals surface area contributed by atoms with Gasteiger partial charge in [-0.2, -0.15) is 0 Å². The molecule has 1 aromatic carbocycles. The highest BCUT2D eigenvalue weighted by atomic mass is 127. The molecule has 0 unspecified atom stereocenters. The van der Waals surface area contributed by atoms with E-state index >= 15 is 0 Å². The Bertz CT molecular complexity index is 751. The lowest BCUT2D eigenvalue weighted by Crippen LogP contribution is -2.63. The van der Waals surface area contributed by atoms with Crippen LogP contribution in [-0.2, 0) is 11.3 Å². The smallest absolute Gasteiger partial charge is 0.410 e. The Morgan fingerprint density at radius 2 is 1.74 bits per heavy atom. The van der Waals surface area contributed by atoms with E-state index in [0.29, 0.717) is 44.2 Å². The van der Waals surface area contributed by atoms with Crippen LogP contribution in [-0.4, -0.2) is 72.6 Å². The molecule has 174 valence electrons. The Balaban J connectivity index is 0.00000480. The fraction of sp³-hybridized carbons (Fsp3) is 0.591. The van der Waals surface area contributed by atoms with Crippen molar-refractivity contribution in [2.45, 2.75) is 52.8 Å². The summed E-state index contributed by atoms with van der Waals surface area (Å²) in [6.45, 7) is 12.7. The first kappa shape index (κ1) is 27.0. The Kier molecular flexibility index (Phi) is 10.5. The number of likely N-dealkylation sites (tertiary alicyclic amines) is 1. The van der Waals surface area contributed by atoms with E-state index in [2.05, 4.69) is 15.6 Å². The van der Waals surface area contributed by atoms with Crippen molar-refractivity contribution in [1.82, 2.24) is 20.4 Å². The Labute approximate surface area is 202 Å². The zero-order valence-electron chi connectivity index (χ0n) is 19.4. The minimum atomic E-state index is -0.487. The summed E-state index contributed by atoms with van der Waals surface area (Å²) in [4.78, 5) is 32.1. The van der Waals surface area contributed by atoms with E-state index in [4.69, 9.17) is 4.74 Å². The van der Waals surface area contributed by atoms with Gasteiger partial charge in [0.25, 0.3) is 5.91 Å². The summed E-state index contributed by atoms with van der Waals surface area (Å²) in [6.07, 6.45) is -0.289. The number of carbonyl (C=O) groups excluding carboxylic acids is 2. The molecule has 2 amide bonds. The monoisotopic (exact) mass is 545 g/mol. The maximum absolute atomic E-state index is 12.4. The molecule has 1 aliphatic heterocycles. The zero-order valence-corrected chi connectivity index (χ0v) is 21.7. The molecule has 1 heterocycles. The molecule has 2 rings (SSSR count). The van der Waals surface area contributed by atoms with Gasteiger partial charge >= 0.3 is 6.09 Å². The number of nitrogens with zero attached hydrogens (tertiary/aromatic N) is 3. The lowest BCUT2D eigenvalue weighted by atomic mass is 10.1. The maximum Gasteiger partial charge on any atom is 0.410 e. The number of hydrogen-bond donors (Lipinski definition) is 2. The summed E-state index contributed by atoms with van der Waals surface area (Å²) in [5.74, 6) is 0.726. The number of amides is 2. The number of carbonyl (C=O) groups is 2. The summed E-state index contributed by atoms with van der Waals surface area (Å²) >= 11 is 0. The van der Waals surface area contributed by atoms with Crippen LogP contribution in [0, 0.1) is 0 Å². The molecule has 31 heavy (non-hydrogen) atoms. The van der Waals surface area contributed by atoms with Gasteiger partial charge in [-0.05, 0) is 52.3 Å². The van der Waals surface area contributed by atoms with Crippen LogP contribution in [0.2, 0.25) is 0 Å². The van der Waals surface area contributed by atoms with Crippen LogP contribution in [0.5, 0.6) is 0 Å². The van der Waals surface area contributed by atoms with Gasteiger partial charge < -0.3 is 25.2 Å². The third-order valence-corrected chi connectivity index (χ3v) is 4.81. The number of nitrogens with one attached hydrogen (secondary N) is 2. The van der Waals surface area contributed by atoms with Crippen LogP contribution in [0.25, 0.3) is 0 Å². The number of guanidine groups is 1. The molecular formula is C22H36IN5O3. The van der Waals surface area contributed by atoms with Crippen LogP contribution in [0.4, 0.5) is 4.79 Å². The van der Waals surface area contributed by atoms with Gasteiger partial charge in [0.2, 0.25) is 0 Å². The molecule has 8 nitrogen and oxygen atoms in total. The molecule has 0 saturated carbocycles. The average Bonchev–Trinajstić information content (AvgIpc) is 2.66. The normalized spacial score (nSPS) is 14.3. The summed E-state index contributed by atoms with van der Waals surface area (Å²) in [7, 11) is 1.71. The fourth-order valence-electron chi connectivity index (χ4n) is 3.08. The van der Waals surface area contributed by atoms with Crippen molar-refractivity contribution in [3.05, 3.63) is 35.4 Å². The number of halogens is 1. The van der Waals surface area contributed by atoms with Crippen LogP contribution in [0.3, 0.4) is 0 Å². The van der Waals surface area contributed by atoms with Gasteiger partial charge in [0.1, 0.15) is 5.60 Å². The predicted octanol–water partition coefficient (Wildman–Crippen LogP) is 3.07. The first-order valence-corrected chi connectivity index (χ1v) is 10.5. The van der Waals surface area contributed by atoms with Gasteiger partial charge in [-0.1, -0.05) is 12.1 Å². The molecule has 0 bridgehead atoms. The van der Waals surface area contributed by atoms with Crippen molar-refractivity contribution in [1.29, 1.82) is 0 Å². The molecule has 1 aliphatic rings. The van der Waals surface area contributed by atoms with Crippen molar-refractivity contribution in [2.75, 3.05) is 33.2 Å². The first-order valence-electron chi connectivity index (χ1n) is 10.5. The second-order valence-corrected chi connectivity index (χ2v) is 8.33. The summed E-state index contributed by atoms with van der Waals surface area (Å²) in [5.41, 5.74) is 1.26. The average molecular weight is 545 g/mol. The number of aliphatic imine (C=N–C) groups is 1. The van der Waals surface area contributed by atoms with Crippen LogP contribution in [0.15, 0.2) is 29.3 Å². The van der Waals surface area contributed by atoms with Gasteiger partial charge in [0, 0.05) is 45.3 Å². The van der Waals surface area contributed by atoms with Crippen molar-refractivity contribution < 1.29 is 14.3 Å². The second-order valence-electron chi connectivity index (χ2n) is 8.33. The van der Waals surface area contributed by atoms with E-state index in [-0.39, 0.29) is 42.0 Å². The lowest BCUT2D eigenvalue weighted by Gasteiger charge is -2.40. The third-order valence-electron chi connectivity index (χ3n) is 4.81. The molecule has 9 heteroatoms. The first-order chi connectivity index (χ1) is 14.2. The van der Waals surface area contributed by atoms with Gasteiger partial charge in [-0.25, -0.2) is 4.79 Å². The SMILES string of the molecule is CCN(CC)C(=O)c1ccc(CNC(=NC)NC2CN(C(=O)OC(C)(C)C)C2)cc1.I. The fourth-order valence-corrected chi connectivity index (χ4v) is 3.08. The minimum Gasteiger partial charge on any atom is -0.444 e. The van der Waals surface area contributed by atoms with Gasteiger partial charge in [0.05, 0.1) is 6.04 Å². The van der Waals surface area contributed by atoms with E-state index in [0.717, 1.165) is 5.56 Å². The molecule has 0 spiro atoms. The van der Waals surface area contributed by atoms with Gasteiger partial charge in [0.15, 0.2) is 5.96 Å². The van der Waals surface area contributed by atoms with E-state index in [9.17, 15) is 9.59 Å².